The average molecular weight is 590 g/mol. The van der Waals surface area contributed by atoms with E-state index in [0.717, 1.165) is 49.1 Å². The molecule has 1 amide bonds. The van der Waals surface area contributed by atoms with Crippen LogP contribution in [0, 0.1) is 11.3 Å². The molecule has 0 aromatic carbocycles. The third-order valence-electron chi connectivity index (χ3n) is 8.72. The minimum absolute atomic E-state index is 0.0913. The first-order chi connectivity index (χ1) is 20.2. The van der Waals surface area contributed by atoms with Gasteiger partial charge in [0.25, 0.3) is 0 Å². The summed E-state index contributed by atoms with van der Waals surface area (Å²) in [6.45, 7) is 9.62. The Labute approximate surface area is 248 Å². The molecule has 2 fully saturated rings. The largest absolute Gasteiger partial charge is 0.486 e. The number of thiophene rings is 1. The van der Waals surface area contributed by atoms with Crippen LogP contribution in [0.5, 0.6) is 11.6 Å². The molecule has 220 valence electrons. The van der Waals surface area contributed by atoms with Gasteiger partial charge in [0.05, 0.1) is 24.1 Å². The van der Waals surface area contributed by atoms with E-state index in [1.807, 2.05) is 6.92 Å². The van der Waals surface area contributed by atoms with Crippen molar-refractivity contribution in [3.8, 4) is 29.2 Å². The molecule has 1 unspecified atom stereocenters. The summed E-state index contributed by atoms with van der Waals surface area (Å²) in [6.07, 6.45) is 5.79. The number of anilines is 1. The summed E-state index contributed by atoms with van der Waals surface area (Å²) >= 11 is 1.46. The number of carbonyl (C=O) groups excluding carboxylic acids is 1. The molecule has 3 atom stereocenters. The number of aromatic nitrogens is 3. The number of nitrogens with zero attached hydrogens (tertiary/aromatic N) is 6. The van der Waals surface area contributed by atoms with Crippen LogP contribution in [0.4, 0.5) is 5.00 Å². The van der Waals surface area contributed by atoms with E-state index in [0.29, 0.717) is 52.7 Å². The molecule has 5 heterocycles. The van der Waals surface area contributed by atoms with Crippen molar-refractivity contribution in [1.82, 2.24) is 24.9 Å². The topological polar surface area (TPSA) is 144 Å². The van der Waals surface area contributed by atoms with Crippen LogP contribution in [0.2, 0.25) is 0 Å². The van der Waals surface area contributed by atoms with E-state index >= 15 is 0 Å². The monoisotopic (exact) mass is 589 g/mol. The highest BCUT2D eigenvalue weighted by atomic mass is 32.1. The molecule has 42 heavy (non-hydrogen) atoms. The first-order valence-corrected chi connectivity index (χ1v) is 15.1. The Bertz CT molecular complexity index is 1560. The van der Waals surface area contributed by atoms with Gasteiger partial charge in [-0.05, 0) is 65.6 Å². The number of likely N-dealkylation sites (tertiary alicyclic amines) is 2. The predicted octanol–water partition coefficient (Wildman–Crippen LogP) is 3.93. The van der Waals surface area contributed by atoms with Gasteiger partial charge in [-0.25, -0.2) is 4.98 Å². The van der Waals surface area contributed by atoms with Gasteiger partial charge in [0.2, 0.25) is 23.5 Å². The zero-order chi connectivity index (χ0) is 29.6. The van der Waals surface area contributed by atoms with Crippen LogP contribution < -0.4 is 15.2 Å². The molecule has 12 heteroatoms. The zero-order valence-corrected chi connectivity index (χ0v) is 24.9. The fourth-order valence-electron chi connectivity index (χ4n) is 6.40. The lowest BCUT2D eigenvalue weighted by Crippen LogP contribution is -2.55. The van der Waals surface area contributed by atoms with Crippen molar-refractivity contribution < 1.29 is 18.8 Å². The molecule has 2 N–H and O–H groups in total. The second kappa shape index (κ2) is 11.0. The van der Waals surface area contributed by atoms with Crippen LogP contribution in [0.3, 0.4) is 0 Å². The molecular weight excluding hydrogens is 554 g/mol. The maximum absolute atomic E-state index is 11.9. The Hall–Kier alpha value is -3.95. The maximum Gasteiger partial charge on any atom is 0.246 e. The molecular formula is C30H35N7O4S. The summed E-state index contributed by atoms with van der Waals surface area (Å²) in [7, 11) is 2.11. The molecule has 0 spiro atoms. The van der Waals surface area contributed by atoms with Gasteiger partial charge in [-0.3, -0.25) is 9.69 Å². The Morgan fingerprint density at radius 3 is 2.88 bits per heavy atom. The summed E-state index contributed by atoms with van der Waals surface area (Å²) in [5.41, 5.74) is 7.40. The van der Waals surface area contributed by atoms with Crippen molar-refractivity contribution in [2.45, 2.75) is 69.6 Å². The molecule has 0 saturated carbocycles. The van der Waals surface area contributed by atoms with Gasteiger partial charge in [0.1, 0.15) is 34.7 Å². The van der Waals surface area contributed by atoms with E-state index in [-0.39, 0.29) is 24.2 Å². The van der Waals surface area contributed by atoms with Gasteiger partial charge < -0.3 is 24.6 Å². The maximum atomic E-state index is 11.9. The third-order valence-corrected chi connectivity index (χ3v) is 9.80. The quantitative estimate of drug-likeness (QED) is 0.384. The lowest BCUT2D eigenvalue weighted by molar-refractivity contribution is -0.134. The van der Waals surface area contributed by atoms with E-state index in [4.69, 9.17) is 29.7 Å². The Kier molecular flexibility index (Phi) is 7.41. The number of nitrogens with two attached hydrogens (primary N) is 1. The molecule has 2 aliphatic heterocycles. The molecule has 3 aromatic rings. The molecule has 2 saturated heterocycles. The van der Waals surface area contributed by atoms with Gasteiger partial charge in [0, 0.05) is 28.6 Å². The van der Waals surface area contributed by atoms with Gasteiger partial charge in [-0.2, -0.15) is 10.2 Å². The standard InChI is InChI=1S/C30H35N7O4S/c1-5-25(38)37-15-19(16-37)40-18-12-21(33-24(13-18)39-17(2)22-8-7-11-36(22)4)28-34-29(41-35-28)30(3)10-6-9-23-26(30)20(14-31)27(32)42-23/h5,12-13,17,19,22H,1,6-11,15-16,32H2,2-4H3/t17-,22?,30-/m0/s1. The second-order valence-corrected chi connectivity index (χ2v) is 12.7. The molecule has 0 radical (unpaired) electrons. The van der Waals surface area contributed by atoms with E-state index in [2.05, 4.69) is 36.7 Å². The Morgan fingerprint density at radius 2 is 2.17 bits per heavy atom. The first kappa shape index (κ1) is 28.2. The number of rotatable bonds is 8. The van der Waals surface area contributed by atoms with Crippen LogP contribution in [-0.4, -0.2) is 75.8 Å². The number of nitrogen functional groups attached to an aromatic ring is 1. The number of hydrogen-bond donors (Lipinski definition) is 1. The number of likely N-dealkylation sites (N-methyl/N-ethyl adjacent to an activating group) is 1. The van der Waals surface area contributed by atoms with Crippen molar-refractivity contribution >= 4 is 22.2 Å². The number of carbonyl (C=O) groups is 1. The number of ether oxygens (including phenoxy) is 2. The highest BCUT2D eigenvalue weighted by Gasteiger charge is 2.43. The van der Waals surface area contributed by atoms with Gasteiger partial charge in [0.15, 0.2) is 0 Å². The van der Waals surface area contributed by atoms with Gasteiger partial charge in [-0.15, -0.1) is 11.3 Å². The summed E-state index contributed by atoms with van der Waals surface area (Å²) < 4.78 is 18.5. The van der Waals surface area contributed by atoms with Crippen molar-refractivity contribution in [3.63, 3.8) is 0 Å². The van der Waals surface area contributed by atoms with Crippen LogP contribution >= 0.6 is 11.3 Å². The molecule has 1 aliphatic carbocycles. The predicted molar refractivity (Wildman–Crippen MR) is 157 cm³/mol. The number of aryl methyl sites for hydroxylation is 1. The van der Waals surface area contributed by atoms with E-state index < -0.39 is 5.41 Å². The number of amides is 1. The number of fused-ring (bicyclic) bond motifs is 1. The van der Waals surface area contributed by atoms with E-state index in [9.17, 15) is 10.1 Å². The SMILES string of the molecule is C=CC(=O)N1CC(Oc2cc(O[C@@H](C)C3CCCN3C)nc(-c3noc([C@@]4(C)CCCc5sc(N)c(C#N)c54)n3)c2)C1. The number of hydrogen-bond acceptors (Lipinski definition) is 11. The molecule has 3 aliphatic rings. The molecule has 0 bridgehead atoms. The van der Waals surface area contributed by atoms with E-state index in [1.165, 1.54) is 17.4 Å². The van der Waals surface area contributed by atoms with Gasteiger partial charge in [-0.1, -0.05) is 11.7 Å². The fraction of sp³-hybridized carbons (Fsp3) is 0.500. The van der Waals surface area contributed by atoms with Gasteiger partial charge >= 0.3 is 0 Å². The van der Waals surface area contributed by atoms with Crippen LogP contribution in [0.1, 0.15) is 61.4 Å². The van der Waals surface area contributed by atoms with Crippen LogP contribution in [0.25, 0.3) is 11.5 Å². The lowest BCUT2D eigenvalue weighted by atomic mass is 9.72. The molecule has 6 rings (SSSR count). The van der Waals surface area contributed by atoms with Crippen molar-refractivity contribution in [2.75, 3.05) is 32.4 Å². The fourth-order valence-corrected chi connectivity index (χ4v) is 7.59. The average Bonchev–Trinajstić information content (AvgIpc) is 3.69. The number of pyridine rings is 1. The van der Waals surface area contributed by atoms with Crippen LogP contribution in [-0.2, 0) is 16.6 Å². The summed E-state index contributed by atoms with van der Waals surface area (Å²) in [5, 5.41) is 14.7. The Balaban J connectivity index is 1.31. The number of nitriles is 1. The molecule has 3 aromatic heterocycles. The van der Waals surface area contributed by atoms with Crippen molar-refractivity contribution in [1.29, 1.82) is 5.26 Å². The smallest absolute Gasteiger partial charge is 0.246 e. The summed E-state index contributed by atoms with van der Waals surface area (Å²) in [4.78, 5) is 26.5. The van der Waals surface area contributed by atoms with Crippen LogP contribution in [0.15, 0.2) is 29.3 Å². The Morgan fingerprint density at radius 1 is 1.36 bits per heavy atom. The third kappa shape index (κ3) is 5.01. The zero-order valence-electron chi connectivity index (χ0n) is 24.1. The lowest BCUT2D eigenvalue weighted by Gasteiger charge is -2.38. The van der Waals surface area contributed by atoms with Crippen molar-refractivity contribution in [2.24, 2.45) is 0 Å². The second-order valence-electron chi connectivity index (χ2n) is 11.6. The summed E-state index contributed by atoms with van der Waals surface area (Å²) in [5.74, 6) is 1.56. The highest BCUT2D eigenvalue weighted by Crippen LogP contribution is 2.48. The minimum Gasteiger partial charge on any atom is -0.486 e. The highest BCUT2D eigenvalue weighted by molar-refractivity contribution is 7.16. The van der Waals surface area contributed by atoms with Crippen molar-refractivity contribution in [3.05, 3.63) is 46.7 Å². The first-order valence-electron chi connectivity index (χ1n) is 14.3. The van der Waals surface area contributed by atoms with E-state index in [1.54, 1.807) is 17.0 Å². The normalized spacial score (nSPS) is 23.1. The minimum atomic E-state index is -0.639. The molecule has 11 nitrogen and oxygen atoms in total. The summed E-state index contributed by atoms with van der Waals surface area (Å²) in [6, 6.07) is 6.11.